The molecule has 3 rings (SSSR count). The van der Waals surface area contributed by atoms with E-state index in [1.807, 2.05) is 36.4 Å². The number of nitrogens with one attached hydrogen (secondary N) is 3. The Morgan fingerprint density at radius 2 is 1.00 bits per heavy atom. The molecule has 8 heteroatoms. The Morgan fingerprint density at radius 3 is 1.26 bits per heavy atom. The van der Waals surface area contributed by atoms with Gasteiger partial charge in [0.25, 0.3) is 0 Å². The molecule has 3 aromatic rings. The fourth-order valence-corrected chi connectivity index (χ4v) is 4.52. The zero-order valence-electron chi connectivity index (χ0n) is 12.1. The van der Waals surface area contributed by atoms with E-state index in [-0.39, 0.29) is 0 Å². The molecule has 0 aliphatic rings. The number of anilines is 3. The van der Waals surface area contributed by atoms with Crippen LogP contribution >= 0.6 is 6.49 Å². The molecule has 6 nitrogen and oxygen atoms in total. The second kappa shape index (κ2) is 7.17. The van der Waals surface area contributed by atoms with Crippen LogP contribution in [0, 0.1) is 0 Å². The maximum atomic E-state index is 5.84. The van der Waals surface area contributed by atoms with Gasteiger partial charge in [-0.3, -0.25) is 15.0 Å². The van der Waals surface area contributed by atoms with Crippen LogP contribution in [0.15, 0.2) is 73.6 Å². The smallest absolute Gasteiger partial charge is 0.211 e. The second-order valence-corrected chi connectivity index (χ2v) is 8.20. The standard InChI is InChI=1S/C15H15N6PS/c23-22(19-13-4-1-7-16-10-13,20-14-5-2-8-17-11-14)21-15-6-3-9-18-12-15/h1-12H,(H3,19,20,21,23). The van der Waals surface area contributed by atoms with Gasteiger partial charge in [0.1, 0.15) is 0 Å². The van der Waals surface area contributed by atoms with Crippen molar-refractivity contribution in [1.82, 2.24) is 15.0 Å². The Bertz CT molecular complexity index is 677. The highest BCUT2D eigenvalue weighted by atomic mass is 32.4. The van der Waals surface area contributed by atoms with Gasteiger partial charge < -0.3 is 15.3 Å². The highest BCUT2D eigenvalue weighted by Gasteiger charge is 2.17. The molecule has 0 spiro atoms. The molecule has 0 atom stereocenters. The number of hydrogen-bond donors (Lipinski definition) is 3. The predicted octanol–water partition coefficient (Wildman–Crippen LogP) is 3.73. The van der Waals surface area contributed by atoms with Crippen LogP contribution in [-0.4, -0.2) is 15.0 Å². The highest BCUT2D eigenvalue weighted by molar-refractivity contribution is 8.16. The fourth-order valence-electron chi connectivity index (χ4n) is 1.92. The first-order valence-electron chi connectivity index (χ1n) is 6.88. The van der Waals surface area contributed by atoms with E-state index in [9.17, 15) is 0 Å². The lowest BCUT2D eigenvalue weighted by Gasteiger charge is -2.27. The van der Waals surface area contributed by atoms with E-state index in [0.717, 1.165) is 17.1 Å². The lowest BCUT2D eigenvalue weighted by molar-refractivity contribution is 1.32. The average molecular weight is 342 g/mol. The van der Waals surface area contributed by atoms with Crippen molar-refractivity contribution in [3.63, 3.8) is 0 Å². The summed E-state index contributed by atoms with van der Waals surface area (Å²) in [6.45, 7) is -2.42. The first-order valence-corrected chi connectivity index (χ1v) is 9.69. The number of pyridine rings is 3. The fraction of sp³-hybridized carbons (Fsp3) is 0. The van der Waals surface area contributed by atoms with Gasteiger partial charge in [0.05, 0.1) is 35.7 Å². The Morgan fingerprint density at radius 1 is 0.652 bits per heavy atom. The van der Waals surface area contributed by atoms with Crippen molar-refractivity contribution in [2.24, 2.45) is 0 Å². The molecule has 3 N–H and O–H groups in total. The van der Waals surface area contributed by atoms with E-state index in [1.54, 1.807) is 37.2 Å². The van der Waals surface area contributed by atoms with Crippen molar-refractivity contribution in [2.75, 3.05) is 15.3 Å². The Kier molecular flexibility index (Phi) is 4.80. The molecule has 0 aliphatic carbocycles. The summed E-state index contributed by atoms with van der Waals surface area (Å²) in [5, 5.41) is 10.0. The molecule has 0 bridgehead atoms. The van der Waals surface area contributed by atoms with Gasteiger partial charge in [0, 0.05) is 18.6 Å². The van der Waals surface area contributed by atoms with Gasteiger partial charge in [-0.05, 0) is 48.2 Å². The monoisotopic (exact) mass is 342 g/mol. The summed E-state index contributed by atoms with van der Waals surface area (Å²) in [7, 11) is 0. The predicted molar refractivity (Wildman–Crippen MR) is 97.9 cm³/mol. The van der Waals surface area contributed by atoms with Gasteiger partial charge in [-0.1, -0.05) is 0 Å². The number of nitrogens with zero attached hydrogens (tertiary/aromatic N) is 3. The van der Waals surface area contributed by atoms with Crippen LogP contribution in [0.4, 0.5) is 17.1 Å². The maximum absolute atomic E-state index is 5.84. The van der Waals surface area contributed by atoms with E-state index in [1.165, 1.54) is 0 Å². The summed E-state index contributed by atoms with van der Waals surface area (Å²) in [6, 6.07) is 11.3. The van der Waals surface area contributed by atoms with Crippen LogP contribution in [0.5, 0.6) is 0 Å². The number of aromatic nitrogens is 3. The van der Waals surface area contributed by atoms with Gasteiger partial charge in [-0.25, -0.2) is 0 Å². The Balaban J connectivity index is 1.87. The van der Waals surface area contributed by atoms with E-state index < -0.39 is 6.49 Å². The molecule has 116 valence electrons. The molecule has 0 saturated carbocycles. The molecular formula is C15H15N6PS. The maximum Gasteiger partial charge on any atom is 0.211 e. The van der Waals surface area contributed by atoms with Crippen LogP contribution in [0.1, 0.15) is 0 Å². The zero-order chi connectivity index (χ0) is 16.0. The van der Waals surface area contributed by atoms with Gasteiger partial charge in [0.15, 0.2) is 0 Å². The molecule has 0 aliphatic heterocycles. The topological polar surface area (TPSA) is 74.8 Å². The highest BCUT2D eigenvalue weighted by Crippen LogP contribution is 2.45. The van der Waals surface area contributed by atoms with E-state index in [4.69, 9.17) is 11.8 Å². The summed E-state index contributed by atoms with van der Waals surface area (Å²) in [5.41, 5.74) is 2.51. The van der Waals surface area contributed by atoms with Crippen LogP contribution in [0.25, 0.3) is 0 Å². The first kappa shape index (κ1) is 15.4. The van der Waals surface area contributed by atoms with Crippen LogP contribution < -0.4 is 15.3 Å². The molecule has 0 unspecified atom stereocenters. The average Bonchev–Trinajstić information content (AvgIpc) is 2.57. The van der Waals surface area contributed by atoms with Gasteiger partial charge in [-0.2, -0.15) is 0 Å². The van der Waals surface area contributed by atoms with Crippen LogP contribution in [0.3, 0.4) is 0 Å². The third-order valence-corrected chi connectivity index (χ3v) is 5.39. The largest absolute Gasteiger partial charge is 0.325 e. The van der Waals surface area contributed by atoms with Crippen molar-refractivity contribution < 1.29 is 0 Å². The van der Waals surface area contributed by atoms with Crippen molar-refractivity contribution in [3.8, 4) is 0 Å². The second-order valence-electron chi connectivity index (χ2n) is 4.67. The summed E-state index contributed by atoms with van der Waals surface area (Å²) in [5.74, 6) is 0. The van der Waals surface area contributed by atoms with Gasteiger partial charge in [0.2, 0.25) is 6.49 Å². The Labute approximate surface area is 139 Å². The molecule has 0 fully saturated rings. The molecule has 0 radical (unpaired) electrons. The lowest BCUT2D eigenvalue weighted by Crippen LogP contribution is -2.14. The zero-order valence-corrected chi connectivity index (χ0v) is 13.8. The normalized spacial score (nSPS) is 10.8. The van der Waals surface area contributed by atoms with E-state index >= 15 is 0 Å². The van der Waals surface area contributed by atoms with Crippen molar-refractivity contribution in [3.05, 3.63) is 73.6 Å². The first-order chi connectivity index (χ1) is 11.2. The lowest BCUT2D eigenvalue weighted by atomic mass is 10.4. The van der Waals surface area contributed by atoms with E-state index in [0.29, 0.717) is 0 Å². The third-order valence-electron chi connectivity index (χ3n) is 2.84. The van der Waals surface area contributed by atoms with E-state index in [2.05, 4.69) is 30.2 Å². The Hall–Kier alpha value is -2.50. The van der Waals surface area contributed by atoms with Crippen LogP contribution in [0.2, 0.25) is 0 Å². The van der Waals surface area contributed by atoms with Crippen LogP contribution in [-0.2, 0) is 11.8 Å². The van der Waals surface area contributed by atoms with Crippen molar-refractivity contribution in [2.45, 2.75) is 0 Å². The minimum atomic E-state index is -2.42. The summed E-state index contributed by atoms with van der Waals surface area (Å²) >= 11 is 5.84. The van der Waals surface area contributed by atoms with Crippen molar-refractivity contribution in [1.29, 1.82) is 0 Å². The molecule has 0 amide bonds. The molecule has 23 heavy (non-hydrogen) atoms. The molecule has 0 saturated heterocycles. The minimum absolute atomic E-state index is 0.837. The third kappa shape index (κ3) is 4.48. The minimum Gasteiger partial charge on any atom is -0.325 e. The molecule has 3 heterocycles. The number of hydrogen-bond acceptors (Lipinski definition) is 4. The van der Waals surface area contributed by atoms with Gasteiger partial charge in [-0.15, -0.1) is 0 Å². The quantitative estimate of drug-likeness (QED) is 0.589. The van der Waals surface area contributed by atoms with Gasteiger partial charge >= 0.3 is 0 Å². The molecule has 0 aromatic carbocycles. The SMILES string of the molecule is S=P(Nc1cccnc1)(Nc1cccnc1)Nc1cccnc1. The number of rotatable bonds is 6. The molecule has 3 aromatic heterocycles. The van der Waals surface area contributed by atoms with Crippen molar-refractivity contribution >= 4 is 35.4 Å². The summed E-state index contributed by atoms with van der Waals surface area (Å²) in [6.07, 6.45) is 10.4. The summed E-state index contributed by atoms with van der Waals surface area (Å²) < 4.78 is 0. The molecular weight excluding hydrogens is 327 g/mol. The summed E-state index contributed by atoms with van der Waals surface area (Å²) in [4.78, 5) is 12.3.